The van der Waals surface area contributed by atoms with E-state index in [-0.39, 0.29) is 5.04 Å². The number of epoxide rings is 1. The molecular weight excluding hydrogens is 372 g/mol. The molecule has 0 radical (unpaired) electrons. The molecule has 5 atom stereocenters. The molecule has 29 heavy (non-hydrogen) atoms. The Morgan fingerprint density at radius 3 is 1.79 bits per heavy atom. The van der Waals surface area contributed by atoms with E-state index in [0.29, 0.717) is 12.2 Å². The van der Waals surface area contributed by atoms with Crippen molar-refractivity contribution < 1.29 is 9.53 Å². The lowest BCUT2D eigenvalue weighted by atomic mass is 10.0. The molecule has 1 aliphatic heterocycles. The fraction of sp³-hybridized carbons (Fsp3) is 0.538. The Morgan fingerprint density at radius 2 is 1.31 bits per heavy atom. The van der Waals surface area contributed by atoms with Crippen molar-refractivity contribution in [3.8, 4) is 0 Å². The average molecular weight is 407 g/mol. The Labute approximate surface area is 176 Å². The molecule has 2 nitrogen and oxygen atoms in total. The van der Waals surface area contributed by atoms with Crippen molar-refractivity contribution in [2.24, 2.45) is 17.8 Å². The third kappa shape index (κ3) is 3.52. The van der Waals surface area contributed by atoms with E-state index >= 15 is 0 Å². The highest BCUT2D eigenvalue weighted by molar-refractivity contribution is 6.98. The molecule has 2 aliphatic carbocycles. The summed E-state index contributed by atoms with van der Waals surface area (Å²) in [6, 6.07) is 20.9. The first-order chi connectivity index (χ1) is 14.0. The molecule has 154 valence electrons. The predicted molar refractivity (Wildman–Crippen MR) is 121 cm³/mol. The topological polar surface area (TPSA) is 32.8 Å². The van der Waals surface area contributed by atoms with Gasteiger partial charge in [0.2, 0.25) is 0 Å². The molecule has 3 aliphatic rings. The molecular formula is C26H34O2Si. The monoisotopic (exact) mass is 406 g/mol. The van der Waals surface area contributed by atoms with E-state index in [1.54, 1.807) is 0 Å². The normalized spacial score (nSPS) is 31.2. The molecule has 0 bridgehead atoms. The molecule has 0 amide bonds. The van der Waals surface area contributed by atoms with E-state index in [0.717, 1.165) is 34.5 Å². The lowest BCUT2D eigenvalue weighted by molar-refractivity contribution is 0.349. The van der Waals surface area contributed by atoms with Gasteiger partial charge in [-0.1, -0.05) is 74.5 Å². The zero-order valence-electron chi connectivity index (χ0n) is 17.8. The van der Waals surface area contributed by atoms with E-state index in [2.05, 4.69) is 62.4 Å². The van der Waals surface area contributed by atoms with Crippen LogP contribution < -0.4 is 10.4 Å². The number of fused-ring (bicyclic) bond motifs is 2. The number of rotatable bonds is 6. The summed E-state index contributed by atoms with van der Waals surface area (Å²) in [4.78, 5) is 12.3. The van der Waals surface area contributed by atoms with Crippen LogP contribution in [0.4, 0.5) is 0 Å². The number of hydrogen-bond donors (Lipinski definition) is 1. The Hall–Kier alpha value is -1.42. The molecule has 3 heteroatoms. The molecule has 2 aromatic rings. The maximum Gasteiger partial charge on any atom is 0.258 e. The highest BCUT2D eigenvalue weighted by atomic mass is 28.4. The van der Waals surface area contributed by atoms with Crippen LogP contribution in [0, 0.1) is 17.8 Å². The SMILES string of the molecule is CC(C)(CCC1[C@H]2CC[C@@H]3O[C@@H]3CC[C@@H]12)[Si](O)(c1ccccc1)c1ccccc1. The van der Waals surface area contributed by atoms with Crippen LogP contribution in [-0.2, 0) is 4.74 Å². The summed E-state index contributed by atoms with van der Waals surface area (Å²) in [6.45, 7) is 4.62. The summed E-state index contributed by atoms with van der Waals surface area (Å²) in [5.74, 6) is 2.70. The fourth-order valence-electron chi connectivity index (χ4n) is 6.22. The highest BCUT2D eigenvalue weighted by Crippen LogP contribution is 2.59. The molecule has 1 saturated heterocycles. The third-order valence-corrected chi connectivity index (χ3v) is 12.8. The van der Waals surface area contributed by atoms with Crippen molar-refractivity contribution in [2.75, 3.05) is 0 Å². The van der Waals surface area contributed by atoms with Crippen molar-refractivity contribution in [1.29, 1.82) is 0 Å². The minimum absolute atomic E-state index is 0.112. The largest absolute Gasteiger partial charge is 0.424 e. The van der Waals surface area contributed by atoms with Gasteiger partial charge in [0, 0.05) is 0 Å². The van der Waals surface area contributed by atoms with E-state index in [4.69, 9.17) is 4.74 Å². The van der Waals surface area contributed by atoms with E-state index in [1.165, 1.54) is 32.1 Å². The summed E-state index contributed by atoms with van der Waals surface area (Å²) in [6.07, 6.45) is 8.79. The Bertz CT molecular complexity index is 777. The van der Waals surface area contributed by atoms with Crippen molar-refractivity contribution >= 4 is 18.7 Å². The van der Waals surface area contributed by atoms with Gasteiger partial charge in [-0.2, -0.15) is 0 Å². The second-order valence-electron chi connectivity index (χ2n) is 10.2. The van der Waals surface area contributed by atoms with Crippen LogP contribution in [0.2, 0.25) is 5.04 Å². The second kappa shape index (κ2) is 7.37. The lowest BCUT2D eigenvalue weighted by Crippen LogP contribution is -2.65. The van der Waals surface area contributed by atoms with Gasteiger partial charge in [-0.3, -0.25) is 0 Å². The quantitative estimate of drug-likeness (QED) is 0.566. The Kier molecular flexibility index (Phi) is 4.96. The van der Waals surface area contributed by atoms with Gasteiger partial charge in [-0.25, -0.2) is 0 Å². The molecule has 1 heterocycles. The van der Waals surface area contributed by atoms with Gasteiger partial charge in [0.05, 0.1) is 12.2 Å². The van der Waals surface area contributed by atoms with Crippen LogP contribution in [0.15, 0.2) is 60.7 Å². The highest BCUT2D eigenvalue weighted by Gasteiger charge is 2.55. The van der Waals surface area contributed by atoms with Gasteiger partial charge in [-0.05, 0) is 71.7 Å². The molecule has 5 rings (SSSR count). The molecule has 0 spiro atoms. The standard InChI is InChI=1S/C26H34O2Si/c1-26(2,18-17-23-21-13-15-24-25(28-24)16-14-22(21)23)29(27,19-9-5-3-6-10-19)20-11-7-4-8-12-20/h3-12,21-25,27H,13-18H2,1-2H3/t21-,22+,23?,24-,25+. The Balaban J connectivity index is 1.35. The first-order valence-electron chi connectivity index (χ1n) is 11.5. The van der Waals surface area contributed by atoms with Gasteiger partial charge in [0.1, 0.15) is 0 Å². The second-order valence-corrected chi connectivity index (χ2v) is 14.2. The summed E-state index contributed by atoms with van der Waals surface area (Å²) in [5, 5.41) is 2.16. The van der Waals surface area contributed by atoms with Crippen LogP contribution in [0.1, 0.15) is 52.4 Å². The molecule has 2 saturated carbocycles. The molecule has 2 aromatic carbocycles. The molecule has 1 unspecified atom stereocenters. The van der Waals surface area contributed by atoms with Crippen molar-refractivity contribution in [3.63, 3.8) is 0 Å². The van der Waals surface area contributed by atoms with Crippen molar-refractivity contribution in [3.05, 3.63) is 60.7 Å². The van der Waals surface area contributed by atoms with E-state index < -0.39 is 8.32 Å². The fourth-order valence-corrected chi connectivity index (χ4v) is 9.98. The average Bonchev–Trinajstić information content (AvgIpc) is 3.63. The molecule has 3 fully saturated rings. The van der Waals surface area contributed by atoms with Gasteiger partial charge in [-0.15, -0.1) is 0 Å². The minimum Gasteiger partial charge on any atom is -0.424 e. The zero-order valence-corrected chi connectivity index (χ0v) is 18.8. The first-order valence-corrected chi connectivity index (χ1v) is 13.4. The predicted octanol–water partition coefficient (Wildman–Crippen LogP) is 4.50. The summed E-state index contributed by atoms with van der Waals surface area (Å²) in [5.41, 5.74) is 0. The maximum atomic E-state index is 12.3. The van der Waals surface area contributed by atoms with Gasteiger partial charge in [0.25, 0.3) is 8.32 Å². The van der Waals surface area contributed by atoms with Crippen LogP contribution in [-0.4, -0.2) is 25.3 Å². The summed E-state index contributed by atoms with van der Waals surface area (Å²) >= 11 is 0. The number of hydrogen-bond acceptors (Lipinski definition) is 2. The first kappa shape index (κ1) is 19.5. The van der Waals surface area contributed by atoms with Crippen LogP contribution in [0.25, 0.3) is 0 Å². The smallest absolute Gasteiger partial charge is 0.258 e. The van der Waals surface area contributed by atoms with Crippen molar-refractivity contribution in [2.45, 2.75) is 69.6 Å². The summed E-state index contributed by atoms with van der Waals surface area (Å²) in [7, 11) is -2.86. The summed E-state index contributed by atoms with van der Waals surface area (Å²) < 4.78 is 5.77. The number of ether oxygens (including phenoxy) is 1. The van der Waals surface area contributed by atoms with Gasteiger partial charge < -0.3 is 9.53 Å². The lowest BCUT2D eigenvalue weighted by Gasteiger charge is -2.41. The molecule has 1 N–H and O–H groups in total. The number of benzene rings is 2. The third-order valence-electron chi connectivity index (χ3n) is 8.23. The van der Waals surface area contributed by atoms with Crippen molar-refractivity contribution in [1.82, 2.24) is 0 Å². The Morgan fingerprint density at radius 1 is 0.828 bits per heavy atom. The van der Waals surface area contributed by atoms with Crippen LogP contribution >= 0.6 is 0 Å². The zero-order chi connectivity index (χ0) is 20.1. The van der Waals surface area contributed by atoms with Gasteiger partial charge in [0.15, 0.2) is 0 Å². The van der Waals surface area contributed by atoms with E-state index in [1.807, 2.05) is 12.1 Å². The minimum atomic E-state index is -2.86. The maximum absolute atomic E-state index is 12.3. The van der Waals surface area contributed by atoms with Gasteiger partial charge >= 0.3 is 0 Å². The molecule has 0 aromatic heterocycles. The van der Waals surface area contributed by atoms with Crippen LogP contribution in [0.5, 0.6) is 0 Å². The van der Waals surface area contributed by atoms with Crippen LogP contribution in [0.3, 0.4) is 0 Å². The van der Waals surface area contributed by atoms with E-state index in [9.17, 15) is 4.80 Å².